The highest BCUT2D eigenvalue weighted by molar-refractivity contribution is 6.07. The van der Waals surface area contributed by atoms with Crippen LogP contribution in [0.3, 0.4) is 0 Å². The summed E-state index contributed by atoms with van der Waals surface area (Å²) < 4.78 is 17.1. The average Bonchev–Trinajstić information content (AvgIpc) is 3.99. The fourth-order valence-electron chi connectivity index (χ4n) is 9.60. The lowest BCUT2D eigenvalue weighted by atomic mass is 10.0. The largest absolute Gasteiger partial charge is 0.495 e. The zero-order valence-electron chi connectivity index (χ0n) is 41.2. The van der Waals surface area contributed by atoms with Crippen molar-refractivity contribution in [1.82, 2.24) is 40.7 Å². The number of nitrogens with one attached hydrogen (secondary N) is 5. The lowest BCUT2D eigenvalue weighted by molar-refractivity contribution is -0.137. The summed E-state index contributed by atoms with van der Waals surface area (Å²) in [4.78, 5) is 106. The Balaban J connectivity index is 0.825. The lowest BCUT2D eigenvalue weighted by Gasteiger charge is -2.44. The molecule has 22 heteroatoms. The Hall–Kier alpha value is -6.91. The summed E-state index contributed by atoms with van der Waals surface area (Å²) >= 11 is 0. The summed E-state index contributed by atoms with van der Waals surface area (Å²) in [6.45, 7) is 10.8. The first-order valence-corrected chi connectivity index (χ1v) is 24.3. The van der Waals surface area contributed by atoms with E-state index in [4.69, 9.17) is 19.2 Å². The predicted molar refractivity (Wildman–Crippen MR) is 261 cm³/mol. The number of piperidine rings is 2. The molecular formula is C49H64N12O10. The first-order chi connectivity index (χ1) is 34.0. The Morgan fingerprint density at radius 1 is 0.972 bits per heavy atom. The second-order valence-electron chi connectivity index (χ2n) is 19.4. The SMILES string of the molecule is CC[C@@H]1C(=O)N(C)c2cnc(Nc3ccc(C(=O)NC4CCN(CCOC[C@@H](NC(=O)OC(C)(C)C)C(=O)Nc5cccc6c5CN(C5CCC(=O)NC5=O)C6=O)CC4)cc3OC)nc2N1N1CCCC1. The maximum absolute atomic E-state index is 13.8. The molecule has 71 heavy (non-hydrogen) atoms. The van der Waals surface area contributed by atoms with Crippen molar-refractivity contribution in [2.24, 2.45) is 0 Å². The number of rotatable bonds is 16. The molecule has 0 radical (unpaired) electrons. The van der Waals surface area contributed by atoms with Gasteiger partial charge in [-0.1, -0.05) is 13.0 Å². The van der Waals surface area contributed by atoms with Crippen molar-refractivity contribution in [3.63, 3.8) is 0 Å². The van der Waals surface area contributed by atoms with E-state index in [0.29, 0.717) is 90.2 Å². The van der Waals surface area contributed by atoms with Crippen molar-refractivity contribution in [3.8, 4) is 5.75 Å². The van der Waals surface area contributed by atoms with Crippen LogP contribution in [0.15, 0.2) is 42.6 Å². The molecule has 0 spiro atoms. The molecule has 2 aromatic carbocycles. The quantitative estimate of drug-likeness (QED) is 0.102. The Labute approximate surface area is 412 Å². The van der Waals surface area contributed by atoms with Crippen LogP contribution >= 0.6 is 0 Å². The summed E-state index contributed by atoms with van der Waals surface area (Å²) in [5.41, 5.74) is 1.99. The second-order valence-corrected chi connectivity index (χ2v) is 19.4. The number of ether oxygens (including phenoxy) is 3. The van der Waals surface area contributed by atoms with Gasteiger partial charge >= 0.3 is 6.09 Å². The second kappa shape index (κ2) is 21.6. The van der Waals surface area contributed by atoms with E-state index in [0.717, 1.165) is 25.9 Å². The maximum atomic E-state index is 13.8. The number of nitrogens with zero attached hydrogens (tertiary/aromatic N) is 7. The Bertz CT molecular complexity index is 2540. The number of amides is 7. The first kappa shape index (κ1) is 50.5. The molecule has 0 aliphatic carbocycles. The van der Waals surface area contributed by atoms with Crippen LogP contribution in [0.4, 0.5) is 33.6 Å². The van der Waals surface area contributed by atoms with E-state index in [-0.39, 0.29) is 68.3 Å². The van der Waals surface area contributed by atoms with Crippen LogP contribution < -0.4 is 41.2 Å². The van der Waals surface area contributed by atoms with Gasteiger partial charge in [0.15, 0.2) is 5.82 Å². The predicted octanol–water partition coefficient (Wildman–Crippen LogP) is 3.30. The number of benzene rings is 2. The van der Waals surface area contributed by atoms with E-state index in [9.17, 15) is 33.6 Å². The Morgan fingerprint density at radius 2 is 1.73 bits per heavy atom. The number of anilines is 5. The molecule has 22 nitrogen and oxygen atoms in total. The van der Waals surface area contributed by atoms with Crippen LogP contribution in [0.25, 0.3) is 0 Å². The van der Waals surface area contributed by atoms with E-state index in [2.05, 4.69) is 41.5 Å². The molecule has 6 heterocycles. The number of fused-ring (bicyclic) bond motifs is 2. The number of methoxy groups -OCH3 is 1. The van der Waals surface area contributed by atoms with Crippen LogP contribution in [0.2, 0.25) is 0 Å². The normalized spacial score (nSPS) is 20.3. The fraction of sp³-hybridized carbons (Fsp3) is 0.531. The average molecular weight is 981 g/mol. The minimum absolute atomic E-state index is 0.00365. The van der Waals surface area contributed by atoms with Crippen LogP contribution in [0.5, 0.6) is 5.75 Å². The molecule has 5 aliphatic rings. The van der Waals surface area contributed by atoms with Crippen LogP contribution in [-0.4, -0.2) is 156 Å². The number of hydrogen-bond donors (Lipinski definition) is 5. The lowest BCUT2D eigenvalue weighted by Crippen LogP contribution is -2.58. The van der Waals surface area contributed by atoms with E-state index in [1.54, 1.807) is 75.3 Å². The first-order valence-electron chi connectivity index (χ1n) is 24.3. The topological polar surface area (TPSA) is 249 Å². The van der Waals surface area contributed by atoms with E-state index in [1.807, 2.05) is 11.9 Å². The molecule has 3 saturated heterocycles. The highest BCUT2D eigenvalue weighted by atomic mass is 16.6. The molecule has 0 saturated carbocycles. The fourth-order valence-corrected chi connectivity index (χ4v) is 9.60. The van der Waals surface area contributed by atoms with Gasteiger partial charge in [-0.2, -0.15) is 4.98 Å². The van der Waals surface area contributed by atoms with Gasteiger partial charge in [0.2, 0.25) is 23.7 Å². The van der Waals surface area contributed by atoms with Gasteiger partial charge in [-0.15, -0.1) is 0 Å². The molecule has 1 aromatic heterocycles. The van der Waals surface area contributed by atoms with Gasteiger partial charge in [-0.25, -0.2) is 14.8 Å². The molecular weight excluding hydrogens is 917 g/mol. The smallest absolute Gasteiger partial charge is 0.408 e. The van der Waals surface area contributed by atoms with Gasteiger partial charge in [0.25, 0.3) is 17.7 Å². The van der Waals surface area contributed by atoms with Crippen LogP contribution in [0.1, 0.15) is 98.9 Å². The number of carbonyl (C=O) groups excluding carboxylic acids is 7. The van der Waals surface area contributed by atoms with Crippen LogP contribution in [-0.2, 0) is 35.2 Å². The molecule has 3 fully saturated rings. The molecule has 7 amide bonds. The number of imide groups is 1. The maximum Gasteiger partial charge on any atom is 0.408 e. The molecule has 5 N–H and O–H groups in total. The van der Waals surface area contributed by atoms with Crippen molar-refractivity contribution >= 4 is 70.4 Å². The van der Waals surface area contributed by atoms with Gasteiger partial charge in [0.1, 0.15) is 35.2 Å². The van der Waals surface area contributed by atoms with E-state index in [1.165, 1.54) is 12.0 Å². The third kappa shape index (κ3) is 11.5. The minimum Gasteiger partial charge on any atom is -0.495 e. The number of likely N-dealkylation sites (N-methyl/N-ethyl adjacent to an activating group) is 1. The van der Waals surface area contributed by atoms with Gasteiger partial charge < -0.3 is 50.2 Å². The highest BCUT2D eigenvalue weighted by Crippen LogP contribution is 2.38. The number of hydrazine groups is 1. The zero-order valence-corrected chi connectivity index (χ0v) is 41.2. The number of likely N-dealkylation sites (tertiary alicyclic amines) is 1. The van der Waals surface area contributed by atoms with Gasteiger partial charge in [0, 0.05) is 81.2 Å². The standard InChI is InChI=1S/C49H64N12O10/c1-7-36-46(67)57(5)38-26-50-47(56-41(38)61(36)59-19-8-9-20-59)53-34-14-13-29(25-39(34)69-6)42(63)51-30-17-21-58(22-18-30)23-24-70-28-35(54-48(68)71-49(2,3)4)43(64)52-33-12-10-11-31-32(33)27-60(45(31)66)37-15-16-40(62)55-44(37)65/h10-14,25-26,30,35-37H,7-9,15-24,27-28H2,1-6H3,(H,51,63)(H,52,64)(H,54,68)(H,50,53,56)(H,55,62,65)/t35-,36-,37?/m1/s1. The van der Waals surface area contributed by atoms with E-state index < -0.39 is 35.6 Å². The third-order valence-electron chi connectivity index (χ3n) is 13.3. The molecule has 3 atom stereocenters. The number of aromatic nitrogens is 2. The van der Waals surface area contributed by atoms with Crippen molar-refractivity contribution in [2.75, 3.05) is 80.6 Å². The van der Waals surface area contributed by atoms with Crippen molar-refractivity contribution in [2.45, 2.75) is 109 Å². The molecule has 3 aromatic rings. The molecule has 0 bridgehead atoms. The Morgan fingerprint density at radius 3 is 2.44 bits per heavy atom. The number of carbonyl (C=O) groups is 7. The summed E-state index contributed by atoms with van der Waals surface area (Å²) in [6.07, 6.45) is 5.27. The number of alkyl carbamates (subject to hydrolysis) is 1. The van der Waals surface area contributed by atoms with Gasteiger partial charge in [-0.3, -0.25) is 39.1 Å². The van der Waals surface area contributed by atoms with Crippen LogP contribution in [0, 0.1) is 0 Å². The minimum atomic E-state index is -1.17. The number of hydrogen-bond acceptors (Lipinski definition) is 16. The molecule has 380 valence electrons. The summed E-state index contributed by atoms with van der Waals surface area (Å²) in [7, 11) is 3.28. The summed E-state index contributed by atoms with van der Waals surface area (Å²) in [5, 5.41) is 18.4. The highest BCUT2D eigenvalue weighted by Gasteiger charge is 2.42. The molecule has 1 unspecified atom stereocenters. The van der Waals surface area contributed by atoms with E-state index >= 15 is 0 Å². The third-order valence-corrected chi connectivity index (χ3v) is 13.3. The summed E-state index contributed by atoms with van der Waals surface area (Å²) in [6, 6.07) is 7.61. The summed E-state index contributed by atoms with van der Waals surface area (Å²) in [5.74, 6) is -0.721. The van der Waals surface area contributed by atoms with Gasteiger partial charge in [-0.05, 0) is 89.6 Å². The van der Waals surface area contributed by atoms with Crippen molar-refractivity contribution in [1.29, 1.82) is 0 Å². The molecule has 8 rings (SSSR count). The monoisotopic (exact) mass is 980 g/mol. The zero-order chi connectivity index (χ0) is 50.6. The Kier molecular flexibility index (Phi) is 15.4. The molecule has 5 aliphatic heterocycles. The van der Waals surface area contributed by atoms with Gasteiger partial charge in [0.05, 0.1) is 32.2 Å². The van der Waals surface area contributed by atoms with Crippen molar-refractivity contribution < 1.29 is 47.8 Å². The van der Waals surface area contributed by atoms with Crippen molar-refractivity contribution in [3.05, 3.63) is 59.3 Å².